The summed E-state index contributed by atoms with van der Waals surface area (Å²) in [5, 5.41) is 0.399. The lowest BCUT2D eigenvalue weighted by atomic mass is 10.0. The lowest BCUT2D eigenvalue weighted by Crippen LogP contribution is -2.39. The van der Waals surface area contributed by atoms with Crippen LogP contribution in [0.3, 0.4) is 0 Å². The summed E-state index contributed by atoms with van der Waals surface area (Å²) in [6.07, 6.45) is 1.73. The molecule has 0 saturated carbocycles. The maximum absolute atomic E-state index is 12.4. The number of nitrogens with one attached hydrogen (secondary N) is 1. The fraction of sp³-hybridized carbons (Fsp3) is 0.263. The normalized spacial score (nSPS) is 13.7. The molecule has 1 amide bonds. The molecule has 2 aromatic carbocycles. The zero-order valence-corrected chi connectivity index (χ0v) is 16.5. The molecule has 0 spiro atoms. The van der Waals surface area contributed by atoms with Gasteiger partial charge in [-0.2, -0.15) is 4.72 Å². The third-order valence-electron chi connectivity index (χ3n) is 4.30. The predicted octanol–water partition coefficient (Wildman–Crippen LogP) is 2.14. The van der Waals surface area contributed by atoms with Gasteiger partial charge in [0.2, 0.25) is 10.0 Å². The van der Waals surface area contributed by atoms with Crippen LogP contribution in [0.2, 0.25) is 5.02 Å². The SMILES string of the molecule is O=C(CNS(=O)(=O)c1ccc(Cl)cc1)OCC(=O)N1CCCc2ccccc21. The second-order valence-corrected chi connectivity index (χ2v) is 8.42. The molecule has 28 heavy (non-hydrogen) atoms. The van der Waals surface area contributed by atoms with E-state index in [2.05, 4.69) is 4.72 Å². The number of rotatable bonds is 6. The molecule has 0 aromatic heterocycles. The summed E-state index contributed by atoms with van der Waals surface area (Å²) in [7, 11) is -3.88. The van der Waals surface area contributed by atoms with Crippen molar-refractivity contribution in [3.8, 4) is 0 Å². The number of ether oxygens (including phenoxy) is 1. The Morgan fingerprint density at radius 1 is 1.11 bits per heavy atom. The Bertz CT molecular complexity index is 976. The van der Waals surface area contributed by atoms with Crippen molar-refractivity contribution in [2.45, 2.75) is 17.7 Å². The fourth-order valence-electron chi connectivity index (χ4n) is 2.91. The third kappa shape index (κ3) is 4.89. The minimum Gasteiger partial charge on any atom is -0.455 e. The Morgan fingerprint density at radius 3 is 2.57 bits per heavy atom. The number of nitrogens with zero attached hydrogens (tertiary/aromatic N) is 1. The number of esters is 1. The van der Waals surface area contributed by atoms with E-state index in [1.807, 2.05) is 24.3 Å². The number of carbonyl (C=O) groups is 2. The first-order valence-electron chi connectivity index (χ1n) is 8.66. The molecular formula is C19H19ClN2O5S. The van der Waals surface area contributed by atoms with E-state index in [1.54, 1.807) is 4.90 Å². The van der Waals surface area contributed by atoms with Gasteiger partial charge in [0.15, 0.2) is 6.61 Å². The Kier molecular flexibility index (Phi) is 6.33. The number of hydrogen-bond acceptors (Lipinski definition) is 5. The van der Waals surface area contributed by atoms with E-state index in [-0.39, 0.29) is 10.8 Å². The van der Waals surface area contributed by atoms with E-state index in [9.17, 15) is 18.0 Å². The average molecular weight is 423 g/mol. The fourth-order valence-corrected chi connectivity index (χ4v) is 4.01. The second-order valence-electron chi connectivity index (χ2n) is 6.22. The molecule has 1 aliphatic heterocycles. The van der Waals surface area contributed by atoms with Crippen LogP contribution in [0.25, 0.3) is 0 Å². The summed E-state index contributed by atoms with van der Waals surface area (Å²) < 4.78 is 31.4. The van der Waals surface area contributed by atoms with Crippen LogP contribution in [-0.2, 0) is 30.8 Å². The standard InChI is InChI=1S/C19H19ClN2O5S/c20-15-7-9-16(10-8-15)28(25,26)21-12-19(24)27-13-18(23)22-11-3-5-14-4-1-2-6-17(14)22/h1-2,4,6-10,21H,3,5,11-13H2. The first kappa shape index (κ1) is 20.3. The summed E-state index contributed by atoms with van der Waals surface area (Å²) >= 11 is 5.73. The number of amides is 1. The van der Waals surface area contributed by atoms with Gasteiger partial charge in [-0.25, -0.2) is 8.42 Å². The van der Waals surface area contributed by atoms with Crippen LogP contribution in [0.1, 0.15) is 12.0 Å². The van der Waals surface area contributed by atoms with Gasteiger partial charge in [0.05, 0.1) is 4.90 Å². The number of hydrogen-bond donors (Lipinski definition) is 1. The van der Waals surface area contributed by atoms with Gasteiger partial charge in [-0.05, 0) is 48.7 Å². The maximum atomic E-state index is 12.4. The highest BCUT2D eigenvalue weighted by Gasteiger charge is 2.23. The van der Waals surface area contributed by atoms with Gasteiger partial charge in [0.1, 0.15) is 6.54 Å². The molecule has 1 heterocycles. The monoisotopic (exact) mass is 422 g/mol. The number of carbonyl (C=O) groups excluding carboxylic acids is 2. The van der Waals surface area contributed by atoms with Crippen LogP contribution >= 0.6 is 11.6 Å². The minimum absolute atomic E-state index is 0.0225. The highest BCUT2D eigenvalue weighted by molar-refractivity contribution is 7.89. The van der Waals surface area contributed by atoms with Crippen LogP contribution in [-0.4, -0.2) is 40.0 Å². The molecule has 148 valence electrons. The Labute approximate surface area is 168 Å². The molecule has 3 rings (SSSR count). The molecule has 0 aliphatic carbocycles. The van der Waals surface area contributed by atoms with E-state index in [4.69, 9.17) is 16.3 Å². The number of fused-ring (bicyclic) bond motifs is 1. The first-order chi connectivity index (χ1) is 13.4. The summed E-state index contributed by atoms with van der Waals surface area (Å²) in [5.41, 5.74) is 1.89. The van der Waals surface area contributed by atoms with Crippen LogP contribution < -0.4 is 9.62 Å². The van der Waals surface area contributed by atoms with Crippen molar-refractivity contribution in [3.63, 3.8) is 0 Å². The molecule has 0 unspecified atom stereocenters. The number of anilines is 1. The number of aryl methyl sites for hydroxylation is 1. The molecule has 0 radical (unpaired) electrons. The van der Waals surface area contributed by atoms with Gasteiger partial charge in [0.25, 0.3) is 5.91 Å². The number of para-hydroxylation sites is 1. The van der Waals surface area contributed by atoms with E-state index in [0.717, 1.165) is 24.1 Å². The van der Waals surface area contributed by atoms with E-state index >= 15 is 0 Å². The van der Waals surface area contributed by atoms with Gasteiger partial charge in [-0.15, -0.1) is 0 Å². The van der Waals surface area contributed by atoms with Gasteiger partial charge in [-0.3, -0.25) is 9.59 Å². The molecule has 0 atom stereocenters. The average Bonchev–Trinajstić information content (AvgIpc) is 2.70. The zero-order chi connectivity index (χ0) is 20.1. The molecule has 0 fully saturated rings. The van der Waals surface area contributed by atoms with Crippen LogP contribution in [0, 0.1) is 0 Å². The smallest absolute Gasteiger partial charge is 0.321 e. The predicted molar refractivity (Wildman–Crippen MR) is 105 cm³/mol. The Morgan fingerprint density at radius 2 is 1.82 bits per heavy atom. The highest BCUT2D eigenvalue weighted by Crippen LogP contribution is 2.26. The van der Waals surface area contributed by atoms with E-state index < -0.39 is 29.1 Å². The molecular weight excluding hydrogens is 404 g/mol. The van der Waals surface area contributed by atoms with E-state index in [0.29, 0.717) is 11.6 Å². The van der Waals surface area contributed by atoms with Crippen LogP contribution in [0.4, 0.5) is 5.69 Å². The largest absolute Gasteiger partial charge is 0.455 e. The maximum Gasteiger partial charge on any atom is 0.321 e. The lowest BCUT2D eigenvalue weighted by Gasteiger charge is -2.29. The van der Waals surface area contributed by atoms with Crippen molar-refractivity contribution in [2.75, 3.05) is 24.6 Å². The lowest BCUT2D eigenvalue weighted by molar-refractivity contribution is -0.146. The number of sulfonamides is 1. The quantitative estimate of drug-likeness (QED) is 0.720. The molecule has 9 heteroatoms. The molecule has 0 bridgehead atoms. The van der Waals surface area contributed by atoms with Crippen molar-refractivity contribution in [1.29, 1.82) is 0 Å². The third-order valence-corrected chi connectivity index (χ3v) is 5.97. The van der Waals surface area contributed by atoms with Crippen LogP contribution in [0.15, 0.2) is 53.4 Å². The highest BCUT2D eigenvalue weighted by atomic mass is 35.5. The summed E-state index contributed by atoms with van der Waals surface area (Å²) in [5.74, 6) is -1.18. The Hall–Kier alpha value is -2.42. The van der Waals surface area contributed by atoms with Gasteiger partial charge < -0.3 is 9.64 Å². The zero-order valence-electron chi connectivity index (χ0n) is 14.9. The molecule has 1 N–H and O–H groups in total. The van der Waals surface area contributed by atoms with Crippen molar-refractivity contribution < 1.29 is 22.7 Å². The molecule has 0 saturated heterocycles. The van der Waals surface area contributed by atoms with Gasteiger partial charge in [0, 0.05) is 17.3 Å². The topological polar surface area (TPSA) is 92.8 Å². The molecule has 1 aliphatic rings. The minimum atomic E-state index is -3.88. The van der Waals surface area contributed by atoms with Crippen molar-refractivity contribution >= 4 is 39.2 Å². The van der Waals surface area contributed by atoms with Gasteiger partial charge >= 0.3 is 5.97 Å². The Balaban J connectivity index is 1.52. The summed E-state index contributed by atoms with van der Waals surface area (Å²) in [4.78, 5) is 25.8. The number of halogens is 1. The number of benzene rings is 2. The summed E-state index contributed by atoms with van der Waals surface area (Å²) in [6.45, 7) is -0.471. The summed E-state index contributed by atoms with van der Waals surface area (Å²) in [6, 6.07) is 13.1. The first-order valence-corrected chi connectivity index (χ1v) is 10.5. The van der Waals surface area contributed by atoms with Gasteiger partial charge in [-0.1, -0.05) is 29.8 Å². The van der Waals surface area contributed by atoms with E-state index in [1.165, 1.54) is 24.3 Å². The van der Waals surface area contributed by atoms with Crippen molar-refractivity contribution in [1.82, 2.24) is 4.72 Å². The van der Waals surface area contributed by atoms with Crippen LogP contribution in [0.5, 0.6) is 0 Å². The second kappa shape index (κ2) is 8.72. The molecule has 2 aromatic rings. The van der Waals surface area contributed by atoms with Crippen molar-refractivity contribution in [3.05, 3.63) is 59.1 Å². The molecule has 7 nitrogen and oxygen atoms in total. The van der Waals surface area contributed by atoms with Crippen molar-refractivity contribution in [2.24, 2.45) is 0 Å².